The third-order valence-electron chi connectivity index (χ3n) is 6.16. The highest BCUT2D eigenvalue weighted by Crippen LogP contribution is 2.35. The van der Waals surface area contributed by atoms with Gasteiger partial charge in [0.25, 0.3) is 11.8 Å². The van der Waals surface area contributed by atoms with Crippen molar-refractivity contribution in [1.82, 2.24) is 15.2 Å². The number of carbonyl (C=O) groups excluding carboxylic acids is 2. The Morgan fingerprint density at radius 3 is 2.71 bits per heavy atom. The van der Waals surface area contributed by atoms with Crippen LogP contribution in [0.1, 0.15) is 32.9 Å². The molecule has 182 valence electrons. The molecule has 1 aromatic carbocycles. The van der Waals surface area contributed by atoms with E-state index in [9.17, 15) is 23.1 Å². The molecule has 2 aliphatic rings. The van der Waals surface area contributed by atoms with Gasteiger partial charge in [0.05, 0.1) is 28.7 Å². The van der Waals surface area contributed by atoms with Gasteiger partial charge in [-0.3, -0.25) is 14.5 Å². The van der Waals surface area contributed by atoms with Gasteiger partial charge in [0.2, 0.25) is 0 Å². The van der Waals surface area contributed by atoms with E-state index in [1.807, 2.05) is 30.0 Å². The Kier molecular flexibility index (Phi) is 6.99. The van der Waals surface area contributed by atoms with Gasteiger partial charge in [-0.15, -0.1) is 0 Å². The van der Waals surface area contributed by atoms with Crippen LogP contribution in [0.2, 0.25) is 0 Å². The average molecular weight is 551 g/mol. The van der Waals surface area contributed by atoms with Crippen LogP contribution in [-0.4, -0.2) is 79.0 Å². The van der Waals surface area contributed by atoms with E-state index in [0.29, 0.717) is 47.7 Å². The molecule has 0 bridgehead atoms. The number of halogens is 1. The van der Waals surface area contributed by atoms with E-state index in [2.05, 4.69) is 31.5 Å². The number of β-amino-alcohol motifs (C(OH)–C–C–N with tert-alkyl or cyclic N) is 1. The molecule has 3 heterocycles. The summed E-state index contributed by atoms with van der Waals surface area (Å²) in [6, 6.07) is 5.56. The van der Waals surface area contributed by atoms with Gasteiger partial charge in [-0.1, -0.05) is 15.9 Å². The molecule has 0 unspecified atom stereocenters. The number of aryl methyl sites for hydroxylation is 1. The van der Waals surface area contributed by atoms with Gasteiger partial charge in [-0.25, -0.2) is 8.42 Å². The molecule has 2 aromatic rings. The molecule has 1 atom stereocenters. The molecule has 4 N–H and O–H groups in total. The molecule has 2 aliphatic heterocycles. The number of amides is 2. The smallest absolute Gasteiger partial charge is 0.256 e. The van der Waals surface area contributed by atoms with Crippen molar-refractivity contribution in [3.8, 4) is 0 Å². The van der Waals surface area contributed by atoms with E-state index in [-0.39, 0.29) is 29.9 Å². The Hall–Kier alpha value is -2.47. The lowest BCUT2D eigenvalue weighted by Crippen LogP contribution is -2.46. The van der Waals surface area contributed by atoms with Crippen LogP contribution in [0, 0.1) is 13.8 Å². The highest BCUT2D eigenvalue weighted by molar-refractivity contribution is 9.10. The summed E-state index contributed by atoms with van der Waals surface area (Å²) >= 11 is 3.43. The lowest BCUT2D eigenvalue weighted by Gasteiger charge is -2.28. The average Bonchev–Trinajstić information content (AvgIpc) is 3.23. The largest absolute Gasteiger partial charge is 0.390 e. The zero-order chi connectivity index (χ0) is 24.6. The van der Waals surface area contributed by atoms with Gasteiger partial charge in [-0.2, -0.15) is 0 Å². The third kappa shape index (κ3) is 5.27. The minimum Gasteiger partial charge on any atom is -0.390 e. The van der Waals surface area contributed by atoms with Crippen LogP contribution >= 0.6 is 15.9 Å². The Morgan fingerprint density at radius 2 is 2.00 bits per heavy atom. The number of aliphatic hydroxyl groups excluding tert-OH is 1. The minimum atomic E-state index is -2.98. The number of fused-ring (bicyclic) bond motifs is 1. The first-order valence-electron chi connectivity index (χ1n) is 11.0. The van der Waals surface area contributed by atoms with Gasteiger partial charge in [0.1, 0.15) is 0 Å². The van der Waals surface area contributed by atoms with E-state index in [1.165, 1.54) is 0 Å². The maximum Gasteiger partial charge on any atom is 0.256 e. The fourth-order valence-corrected chi connectivity index (χ4v) is 5.94. The fraction of sp³-hybridized carbons (Fsp3) is 0.391. The van der Waals surface area contributed by atoms with Crippen molar-refractivity contribution in [2.24, 2.45) is 0 Å². The standard InChI is InChI=1S/C23H27BrN4O5S/c1-13-20(10-18-17-9-15(24)3-4-19(17)27-22(18)30)26-14(2)21(13)23(31)25-11-16(29)12-28-5-7-34(32,33)8-6-28/h3-4,9-10,16,26,29H,5-8,11-12H2,1-2H3,(H,25,31)(H,27,30)/t16-/m0/s1. The lowest BCUT2D eigenvalue weighted by molar-refractivity contribution is -0.110. The number of aliphatic hydroxyl groups is 1. The lowest BCUT2D eigenvalue weighted by atomic mass is 10.0. The summed E-state index contributed by atoms with van der Waals surface area (Å²) in [5.41, 5.74) is 4.52. The molecule has 0 aliphatic carbocycles. The molecule has 11 heteroatoms. The monoisotopic (exact) mass is 550 g/mol. The number of aromatic amines is 1. The molecule has 1 fully saturated rings. The molecule has 0 spiro atoms. The van der Waals surface area contributed by atoms with Crippen molar-refractivity contribution >= 4 is 54.9 Å². The maximum atomic E-state index is 12.9. The summed E-state index contributed by atoms with van der Waals surface area (Å²) in [6.07, 6.45) is 0.925. The fourth-order valence-electron chi connectivity index (χ4n) is 4.30. The summed E-state index contributed by atoms with van der Waals surface area (Å²) in [5, 5.41) is 15.9. The Morgan fingerprint density at radius 1 is 1.29 bits per heavy atom. The Labute approximate surface area is 206 Å². The van der Waals surface area contributed by atoms with E-state index in [1.54, 1.807) is 13.0 Å². The summed E-state index contributed by atoms with van der Waals surface area (Å²) in [7, 11) is -2.98. The Balaban J connectivity index is 1.44. The second kappa shape index (κ2) is 9.65. The molecule has 2 amide bonds. The normalized spacial score (nSPS) is 19.6. The summed E-state index contributed by atoms with van der Waals surface area (Å²) in [6.45, 7) is 4.70. The SMILES string of the molecule is Cc1[nH]c(C=C2C(=O)Nc3ccc(Br)cc32)c(C)c1C(=O)NC[C@H](O)CN1CCS(=O)(=O)CC1. The third-order valence-corrected chi connectivity index (χ3v) is 8.26. The molecule has 34 heavy (non-hydrogen) atoms. The number of nitrogens with one attached hydrogen (secondary N) is 3. The number of anilines is 1. The Bertz CT molecular complexity index is 1270. The molecule has 0 saturated carbocycles. The van der Waals surface area contributed by atoms with Crippen LogP contribution < -0.4 is 10.6 Å². The second-order valence-corrected chi connectivity index (χ2v) is 11.9. The highest BCUT2D eigenvalue weighted by atomic mass is 79.9. The first-order chi connectivity index (χ1) is 16.0. The molecule has 4 rings (SSSR count). The second-order valence-electron chi connectivity index (χ2n) is 8.68. The number of hydrogen-bond donors (Lipinski definition) is 4. The number of benzene rings is 1. The van der Waals surface area contributed by atoms with Crippen molar-refractivity contribution < 1.29 is 23.1 Å². The molecule has 1 aromatic heterocycles. The number of rotatable bonds is 6. The molecular formula is C23H27BrN4O5S. The van der Waals surface area contributed by atoms with Gasteiger partial charge in [-0.05, 0) is 43.7 Å². The van der Waals surface area contributed by atoms with Gasteiger partial charge in [0, 0.05) is 53.3 Å². The first kappa shape index (κ1) is 24.6. The topological polar surface area (TPSA) is 132 Å². The van der Waals surface area contributed by atoms with Crippen molar-refractivity contribution in [2.75, 3.05) is 43.0 Å². The van der Waals surface area contributed by atoms with Gasteiger partial charge in [0.15, 0.2) is 9.84 Å². The van der Waals surface area contributed by atoms with Crippen molar-refractivity contribution in [3.63, 3.8) is 0 Å². The first-order valence-corrected chi connectivity index (χ1v) is 13.6. The van der Waals surface area contributed by atoms with Crippen LogP contribution in [-0.2, 0) is 14.6 Å². The highest BCUT2D eigenvalue weighted by Gasteiger charge is 2.26. The maximum absolute atomic E-state index is 12.9. The number of hydrogen-bond acceptors (Lipinski definition) is 6. The predicted octanol–water partition coefficient (Wildman–Crippen LogP) is 1.71. The zero-order valence-corrected chi connectivity index (χ0v) is 21.3. The number of aromatic nitrogens is 1. The van der Waals surface area contributed by atoms with E-state index in [0.717, 1.165) is 15.7 Å². The van der Waals surface area contributed by atoms with Crippen LogP contribution in [0.4, 0.5) is 5.69 Å². The van der Waals surface area contributed by atoms with E-state index in [4.69, 9.17) is 0 Å². The van der Waals surface area contributed by atoms with Crippen molar-refractivity contribution in [2.45, 2.75) is 20.0 Å². The molecular weight excluding hydrogens is 524 g/mol. The quantitative estimate of drug-likeness (QED) is 0.405. The molecule has 9 nitrogen and oxygen atoms in total. The predicted molar refractivity (Wildman–Crippen MR) is 134 cm³/mol. The summed E-state index contributed by atoms with van der Waals surface area (Å²) in [4.78, 5) is 30.5. The zero-order valence-electron chi connectivity index (χ0n) is 18.9. The number of carbonyl (C=O) groups is 2. The van der Waals surface area contributed by atoms with Crippen LogP contribution in [0.25, 0.3) is 11.6 Å². The van der Waals surface area contributed by atoms with Gasteiger partial charge < -0.3 is 20.7 Å². The number of sulfone groups is 1. The number of H-pyrrole nitrogens is 1. The summed E-state index contributed by atoms with van der Waals surface area (Å²) in [5.74, 6) is -0.355. The molecule has 0 radical (unpaired) electrons. The van der Waals surface area contributed by atoms with Crippen LogP contribution in [0.5, 0.6) is 0 Å². The van der Waals surface area contributed by atoms with Crippen LogP contribution in [0.3, 0.4) is 0 Å². The number of nitrogens with zero attached hydrogens (tertiary/aromatic N) is 1. The van der Waals surface area contributed by atoms with Crippen molar-refractivity contribution in [1.29, 1.82) is 0 Å². The summed E-state index contributed by atoms with van der Waals surface area (Å²) < 4.78 is 23.9. The molecule has 1 saturated heterocycles. The van der Waals surface area contributed by atoms with E-state index < -0.39 is 15.9 Å². The van der Waals surface area contributed by atoms with Crippen LogP contribution in [0.15, 0.2) is 22.7 Å². The minimum absolute atomic E-state index is 0.0480. The van der Waals surface area contributed by atoms with E-state index >= 15 is 0 Å². The van der Waals surface area contributed by atoms with Crippen molar-refractivity contribution in [3.05, 3.63) is 50.8 Å². The van der Waals surface area contributed by atoms with Gasteiger partial charge >= 0.3 is 0 Å².